The highest BCUT2D eigenvalue weighted by molar-refractivity contribution is 7.87. The van der Waals surface area contributed by atoms with Gasteiger partial charge in [-0.15, -0.1) is 0 Å². The summed E-state index contributed by atoms with van der Waals surface area (Å²) in [5, 5.41) is 0. The van der Waals surface area contributed by atoms with Gasteiger partial charge in [0.15, 0.2) is 0 Å². The molecule has 7 heteroatoms. The van der Waals surface area contributed by atoms with Gasteiger partial charge in [0, 0.05) is 13.1 Å². The van der Waals surface area contributed by atoms with Crippen LogP contribution in [0.25, 0.3) is 0 Å². The zero-order valence-corrected chi connectivity index (χ0v) is 10.4. The van der Waals surface area contributed by atoms with Crippen LogP contribution in [0.2, 0.25) is 0 Å². The van der Waals surface area contributed by atoms with Gasteiger partial charge in [-0.25, -0.2) is 4.72 Å². The summed E-state index contributed by atoms with van der Waals surface area (Å²) in [6.45, 7) is 2.39. The first-order valence-electron chi connectivity index (χ1n) is 5.37. The molecule has 1 rings (SSSR count). The summed E-state index contributed by atoms with van der Waals surface area (Å²) in [5.41, 5.74) is 0. The van der Waals surface area contributed by atoms with E-state index in [1.165, 1.54) is 11.4 Å². The van der Waals surface area contributed by atoms with Crippen molar-refractivity contribution < 1.29 is 17.9 Å². The summed E-state index contributed by atoms with van der Waals surface area (Å²) >= 11 is 0. The fourth-order valence-corrected chi connectivity index (χ4v) is 3.26. The van der Waals surface area contributed by atoms with Crippen LogP contribution in [0.5, 0.6) is 0 Å². The zero-order valence-electron chi connectivity index (χ0n) is 9.60. The van der Waals surface area contributed by atoms with Crippen molar-refractivity contribution in [2.24, 2.45) is 0 Å². The Hall–Kier alpha value is -0.660. The smallest absolute Gasteiger partial charge is 0.324 e. The van der Waals surface area contributed by atoms with E-state index >= 15 is 0 Å². The summed E-state index contributed by atoms with van der Waals surface area (Å²) < 4.78 is 31.9. The summed E-state index contributed by atoms with van der Waals surface area (Å²) in [5.74, 6) is -0.485. The predicted octanol–water partition coefficient (Wildman–Crippen LogP) is -0.132. The van der Waals surface area contributed by atoms with Crippen molar-refractivity contribution in [3.05, 3.63) is 0 Å². The monoisotopic (exact) mass is 250 g/mol. The maximum absolute atomic E-state index is 11.8. The minimum atomic E-state index is -3.56. The number of nitrogens with zero attached hydrogens (tertiary/aromatic N) is 1. The quantitative estimate of drug-likeness (QED) is 0.705. The third-order valence-corrected chi connectivity index (χ3v) is 4.27. The summed E-state index contributed by atoms with van der Waals surface area (Å²) in [4.78, 5) is 11.5. The highest BCUT2D eigenvalue weighted by Crippen LogP contribution is 2.20. The van der Waals surface area contributed by atoms with E-state index in [1.807, 2.05) is 0 Å². The fraction of sp³-hybridized carbons (Fsp3) is 0.889. The lowest BCUT2D eigenvalue weighted by Crippen LogP contribution is -2.52. The molecule has 0 aliphatic carbocycles. The van der Waals surface area contributed by atoms with Crippen molar-refractivity contribution >= 4 is 16.2 Å². The van der Waals surface area contributed by atoms with Crippen molar-refractivity contribution in [2.45, 2.75) is 32.2 Å². The minimum Gasteiger partial charge on any atom is -0.468 e. The molecule has 1 N–H and O–H groups in total. The van der Waals surface area contributed by atoms with Crippen molar-refractivity contribution in [3.63, 3.8) is 0 Å². The molecule has 0 aromatic rings. The average Bonchev–Trinajstić information content (AvgIpc) is 2.28. The van der Waals surface area contributed by atoms with Gasteiger partial charge >= 0.3 is 5.97 Å². The molecule has 1 aliphatic heterocycles. The zero-order chi connectivity index (χ0) is 12.2. The van der Waals surface area contributed by atoms with Gasteiger partial charge < -0.3 is 4.74 Å². The van der Waals surface area contributed by atoms with Crippen LogP contribution < -0.4 is 4.72 Å². The summed E-state index contributed by atoms with van der Waals surface area (Å²) in [7, 11) is -2.28. The molecule has 0 aromatic carbocycles. The number of nitrogens with one attached hydrogen (secondary N) is 1. The number of piperidine rings is 1. The third-order valence-electron chi connectivity index (χ3n) is 2.56. The molecule has 94 valence electrons. The van der Waals surface area contributed by atoms with Gasteiger partial charge in [-0.05, 0) is 19.3 Å². The van der Waals surface area contributed by atoms with Gasteiger partial charge in [-0.2, -0.15) is 12.7 Å². The van der Waals surface area contributed by atoms with E-state index in [1.54, 1.807) is 6.92 Å². The van der Waals surface area contributed by atoms with Crippen LogP contribution in [-0.2, 0) is 19.7 Å². The van der Waals surface area contributed by atoms with E-state index in [4.69, 9.17) is 0 Å². The average molecular weight is 250 g/mol. The number of rotatable bonds is 4. The van der Waals surface area contributed by atoms with E-state index in [2.05, 4.69) is 9.46 Å². The van der Waals surface area contributed by atoms with Gasteiger partial charge in [0.2, 0.25) is 0 Å². The van der Waals surface area contributed by atoms with Crippen LogP contribution in [-0.4, -0.2) is 44.9 Å². The molecular weight excluding hydrogens is 232 g/mol. The Labute approximate surface area is 96.1 Å². The van der Waals surface area contributed by atoms with E-state index in [9.17, 15) is 13.2 Å². The first-order chi connectivity index (χ1) is 7.53. The first-order valence-corrected chi connectivity index (χ1v) is 6.81. The second-order valence-electron chi connectivity index (χ2n) is 3.65. The molecule has 0 amide bonds. The lowest BCUT2D eigenvalue weighted by atomic mass is 10.1. The highest BCUT2D eigenvalue weighted by atomic mass is 32.2. The Morgan fingerprint density at radius 3 is 2.75 bits per heavy atom. The molecule has 1 atom stereocenters. The highest BCUT2D eigenvalue weighted by Gasteiger charge is 2.36. The molecule has 0 radical (unpaired) electrons. The molecule has 0 unspecified atom stereocenters. The van der Waals surface area contributed by atoms with Crippen LogP contribution in [0, 0.1) is 0 Å². The van der Waals surface area contributed by atoms with Crippen LogP contribution >= 0.6 is 0 Å². The van der Waals surface area contributed by atoms with E-state index < -0.39 is 22.2 Å². The molecule has 0 bridgehead atoms. The Morgan fingerprint density at radius 2 is 2.19 bits per heavy atom. The third kappa shape index (κ3) is 2.93. The molecule has 1 aliphatic rings. The minimum absolute atomic E-state index is 0.312. The number of esters is 1. The second kappa shape index (κ2) is 5.60. The van der Waals surface area contributed by atoms with Crippen LogP contribution in [0.1, 0.15) is 26.2 Å². The van der Waals surface area contributed by atoms with E-state index in [0.717, 1.165) is 12.8 Å². The Bertz CT molecular complexity index is 341. The number of carbonyl (C=O) groups is 1. The molecule has 0 saturated carbocycles. The van der Waals surface area contributed by atoms with Gasteiger partial charge in [-0.3, -0.25) is 4.79 Å². The maximum Gasteiger partial charge on any atom is 0.324 e. The molecule has 1 saturated heterocycles. The number of methoxy groups -OCH3 is 1. The topological polar surface area (TPSA) is 75.7 Å². The number of hydrogen-bond acceptors (Lipinski definition) is 4. The fourth-order valence-electron chi connectivity index (χ4n) is 1.83. The van der Waals surface area contributed by atoms with Crippen LogP contribution in [0.15, 0.2) is 0 Å². The molecule has 0 aromatic heterocycles. The standard InChI is InChI=1S/C9H18N2O4S/c1-3-10-16(13,14)11-7-5-4-6-8(11)9(12)15-2/h8,10H,3-7H2,1-2H3/t8-/m1/s1. The normalized spacial score (nSPS) is 23.0. The van der Waals surface area contributed by atoms with Crippen molar-refractivity contribution in [1.82, 2.24) is 9.03 Å². The predicted molar refractivity (Wildman–Crippen MR) is 59.0 cm³/mol. The van der Waals surface area contributed by atoms with Gasteiger partial charge in [0.1, 0.15) is 6.04 Å². The van der Waals surface area contributed by atoms with Crippen molar-refractivity contribution in [1.29, 1.82) is 0 Å². The van der Waals surface area contributed by atoms with Crippen LogP contribution in [0.3, 0.4) is 0 Å². The number of carbonyl (C=O) groups excluding carboxylic acids is 1. The molecule has 1 heterocycles. The van der Waals surface area contributed by atoms with Crippen molar-refractivity contribution in [2.75, 3.05) is 20.2 Å². The molecule has 16 heavy (non-hydrogen) atoms. The van der Waals surface area contributed by atoms with Crippen molar-refractivity contribution in [3.8, 4) is 0 Å². The van der Waals surface area contributed by atoms with E-state index in [0.29, 0.717) is 19.5 Å². The Kier molecular flexibility index (Phi) is 4.69. The molecule has 0 spiro atoms. The second-order valence-corrected chi connectivity index (χ2v) is 5.36. The van der Waals surface area contributed by atoms with Gasteiger partial charge in [0.05, 0.1) is 7.11 Å². The van der Waals surface area contributed by atoms with Gasteiger partial charge in [0.25, 0.3) is 10.2 Å². The maximum atomic E-state index is 11.8. The summed E-state index contributed by atoms with van der Waals surface area (Å²) in [6, 6.07) is -0.678. The lowest BCUT2D eigenvalue weighted by molar-refractivity contribution is -0.146. The SMILES string of the molecule is CCNS(=O)(=O)N1CCCC[C@@H]1C(=O)OC. The molecular formula is C9H18N2O4S. The summed E-state index contributed by atoms with van der Waals surface area (Å²) in [6.07, 6.45) is 2.15. The van der Waals surface area contributed by atoms with E-state index in [-0.39, 0.29) is 0 Å². The number of ether oxygens (including phenoxy) is 1. The van der Waals surface area contributed by atoms with Crippen LogP contribution in [0.4, 0.5) is 0 Å². The Morgan fingerprint density at radius 1 is 1.50 bits per heavy atom. The molecule has 1 fully saturated rings. The first kappa shape index (κ1) is 13.4. The van der Waals surface area contributed by atoms with Gasteiger partial charge in [-0.1, -0.05) is 6.92 Å². The molecule has 6 nitrogen and oxygen atoms in total. The lowest BCUT2D eigenvalue weighted by Gasteiger charge is -2.32. The number of hydrogen-bond donors (Lipinski definition) is 1. The Balaban J connectivity index is 2.86. The largest absolute Gasteiger partial charge is 0.468 e.